The number of alkyl halides is 3. The molecule has 0 aromatic heterocycles. The van der Waals surface area contributed by atoms with E-state index < -0.39 is 37.1 Å². The van der Waals surface area contributed by atoms with Crippen molar-refractivity contribution < 1.29 is 26.7 Å². The minimum atomic E-state index is -4.44. The zero-order valence-electron chi connectivity index (χ0n) is 8.60. The van der Waals surface area contributed by atoms with Crippen LogP contribution in [0.15, 0.2) is 18.2 Å². The lowest BCUT2D eigenvalue weighted by Gasteiger charge is -2.13. The molecule has 1 aromatic rings. The summed E-state index contributed by atoms with van der Waals surface area (Å²) in [4.78, 5) is 0. The summed E-state index contributed by atoms with van der Waals surface area (Å²) in [6.07, 6.45) is -4.44. The Morgan fingerprint density at radius 1 is 1.18 bits per heavy atom. The molecule has 1 aromatic carbocycles. The third kappa shape index (κ3) is 4.66. The minimum absolute atomic E-state index is 0.172. The molecule has 2 nitrogen and oxygen atoms in total. The minimum Gasteiger partial charge on any atom is -0.370 e. The molecular weight excluding hydrogens is 245 g/mol. The molecule has 0 aliphatic rings. The average Bonchev–Trinajstić information content (AvgIpc) is 2.20. The van der Waals surface area contributed by atoms with Crippen molar-refractivity contribution in [1.82, 2.24) is 0 Å². The summed E-state index contributed by atoms with van der Waals surface area (Å²) in [5.74, 6) is -2.15. The van der Waals surface area contributed by atoms with Crippen LogP contribution in [0.2, 0.25) is 0 Å². The Labute approximate surface area is 94.2 Å². The number of nitrogens with two attached hydrogens (primary N) is 1. The lowest BCUT2D eigenvalue weighted by atomic mass is 10.1. The van der Waals surface area contributed by atoms with Crippen molar-refractivity contribution in [1.29, 1.82) is 0 Å². The predicted octanol–water partition coefficient (Wildman–Crippen LogP) is 2.54. The second-order valence-corrected chi connectivity index (χ2v) is 3.41. The van der Waals surface area contributed by atoms with Gasteiger partial charge in [-0.25, -0.2) is 8.78 Å². The maximum absolute atomic E-state index is 12.8. The molecule has 0 amide bonds. The maximum Gasteiger partial charge on any atom is 0.411 e. The number of benzene rings is 1. The third-order valence-corrected chi connectivity index (χ3v) is 1.93. The van der Waals surface area contributed by atoms with Gasteiger partial charge >= 0.3 is 6.18 Å². The summed E-state index contributed by atoms with van der Waals surface area (Å²) in [5.41, 5.74) is 5.63. The fourth-order valence-corrected chi connectivity index (χ4v) is 1.14. The molecule has 0 aliphatic heterocycles. The molecule has 0 radical (unpaired) electrons. The van der Waals surface area contributed by atoms with E-state index >= 15 is 0 Å². The van der Waals surface area contributed by atoms with Gasteiger partial charge in [0.2, 0.25) is 0 Å². The van der Waals surface area contributed by atoms with E-state index in [0.717, 1.165) is 12.1 Å². The van der Waals surface area contributed by atoms with Gasteiger partial charge in [-0.05, 0) is 17.7 Å². The molecule has 0 bridgehead atoms. The zero-order valence-corrected chi connectivity index (χ0v) is 8.60. The van der Waals surface area contributed by atoms with E-state index in [-0.39, 0.29) is 5.56 Å². The number of ether oxygens (including phenoxy) is 1. The Morgan fingerprint density at radius 2 is 1.82 bits per heavy atom. The normalized spacial score (nSPS) is 13.8. The van der Waals surface area contributed by atoms with Crippen LogP contribution in [0.25, 0.3) is 0 Å². The molecule has 2 N–H and O–H groups in total. The fraction of sp³-hybridized carbons (Fsp3) is 0.400. The number of rotatable bonds is 4. The highest BCUT2D eigenvalue weighted by Crippen LogP contribution is 2.18. The Balaban J connectivity index is 2.52. The highest BCUT2D eigenvalue weighted by atomic mass is 19.4. The van der Waals surface area contributed by atoms with Crippen molar-refractivity contribution in [2.45, 2.75) is 12.2 Å². The quantitative estimate of drug-likeness (QED) is 0.839. The van der Waals surface area contributed by atoms with Crippen LogP contribution in [0.1, 0.15) is 11.6 Å². The lowest BCUT2D eigenvalue weighted by molar-refractivity contribution is -0.174. The van der Waals surface area contributed by atoms with Gasteiger partial charge in [0.05, 0.1) is 12.6 Å². The first-order chi connectivity index (χ1) is 7.79. The van der Waals surface area contributed by atoms with E-state index in [0.29, 0.717) is 0 Å². The van der Waals surface area contributed by atoms with Crippen LogP contribution >= 0.6 is 0 Å². The van der Waals surface area contributed by atoms with Crippen LogP contribution in [-0.2, 0) is 4.74 Å². The van der Waals surface area contributed by atoms with Gasteiger partial charge < -0.3 is 10.5 Å². The fourth-order valence-electron chi connectivity index (χ4n) is 1.14. The Bertz CT molecular complexity index is 379. The van der Waals surface area contributed by atoms with Crippen molar-refractivity contribution in [2.75, 3.05) is 13.2 Å². The highest BCUT2D eigenvalue weighted by molar-refractivity contribution is 5.20. The second-order valence-electron chi connectivity index (χ2n) is 3.41. The van der Waals surface area contributed by atoms with Crippen LogP contribution in [0, 0.1) is 11.6 Å². The predicted molar refractivity (Wildman–Crippen MR) is 50.2 cm³/mol. The van der Waals surface area contributed by atoms with E-state index in [9.17, 15) is 22.0 Å². The molecule has 0 saturated heterocycles. The molecule has 0 saturated carbocycles. The van der Waals surface area contributed by atoms with Crippen molar-refractivity contribution in [3.05, 3.63) is 35.4 Å². The van der Waals surface area contributed by atoms with Crippen molar-refractivity contribution in [3.8, 4) is 0 Å². The first-order valence-corrected chi connectivity index (χ1v) is 4.64. The summed E-state index contributed by atoms with van der Waals surface area (Å²) < 4.78 is 64.9. The summed E-state index contributed by atoms with van der Waals surface area (Å²) in [7, 11) is 0. The molecule has 17 heavy (non-hydrogen) atoms. The van der Waals surface area contributed by atoms with Gasteiger partial charge in [-0.2, -0.15) is 13.2 Å². The van der Waals surface area contributed by atoms with Crippen molar-refractivity contribution in [3.63, 3.8) is 0 Å². The van der Waals surface area contributed by atoms with Gasteiger partial charge in [-0.1, -0.05) is 6.07 Å². The second kappa shape index (κ2) is 5.42. The zero-order chi connectivity index (χ0) is 13.1. The number of halogens is 5. The van der Waals surface area contributed by atoms with Crippen molar-refractivity contribution >= 4 is 0 Å². The monoisotopic (exact) mass is 255 g/mol. The standard InChI is InChI=1S/C10H10F5NO/c11-7-2-1-6(3-8(7)12)9(16)4-17-5-10(13,14)15/h1-3,9H,4-5,16H2. The van der Waals surface area contributed by atoms with E-state index in [4.69, 9.17) is 5.73 Å². The molecule has 96 valence electrons. The molecule has 1 unspecified atom stereocenters. The molecule has 0 spiro atoms. The van der Waals surface area contributed by atoms with Gasteiger partial charge in [-0.15, -0.1) is 0 Å². The van der Waals surface area contributed by atoms with E-state index in [1.165, 1.54) is 6.07 Å². The topological polar surface area (TPSA) is 35.2 Å². The number of hydrogen-bond acceptors (Lipinski definition) is 2. The van der Waals surface area contributed by atoms with Crippen LogP contribution < -0.4 is 5.73 Å². The van der Waals surface area contributed by atoms with Gasteiger partial charge in [0, 0.05) is 0 Å². The smallest absolute Gasteiger partial charge is 0.370 e. The summed E-state index contributed by atoms with van der Waals surface area (Å²) in [6, 6.07) is 1.94. The molecule has 1 rings (SSSR count). The summed E-state index contributed by atoms with van der Waals surface area (Å²) in [5, 5.41) is 0. The van der Waals surface area contributed by atoms with Gasteiger partial charge in [0.25, 0.3) is 0 Å². The van der Waals surface area contributed by atoms with Gasteiger partial charge in [0.15, 0.2) is 11.6 Å². The van der Waals surface area contributed by atoms with Crippen LogP contribution in [0.4, 0.5) is 22.0 Å². The van der Waals surface area contributed by atoms with E-state index in [1.807, 2.05) is 0 Å². The van der Waals surface area contributed by atoms with Crippen molar-refractivity contribution in [2.24, 2.45) is 5.73 Å². The van der Waals surface area contributed by atoms with Gasteiger partial charge in [-0.3, -0.25) is 0 Å². The molecular formula is C10H10F5NO. The molecule has 0 fully saturated rings. The lowest BCUT2D eigenvalue weighted by Crippen LogP contribution is -2.23. The van der Waals surface area contributed by atoms with E-state index in [2.05, 4.69) is 4.74 Å². The molecule has 0 aliphatic carbocycles. The Kier molecular flexibility index (Phi) is 4.41. The maximum atomic E-state index is 12.8. The van der Waals surface area contributed by atoms with Crippen LogP contribution in [-0.4, -0.2) is 19.4 Å². The molecule has 0 heterocycles. The van der Waals surface area contributed by atoms with E-state index in [1.54, 1.807) is 0 Å². The number of hydrogen-bond donors (Lipinski definition) is 1. The Hall–Kier alpha value is -1.21. The van der Waals surface area contributed by atoms with Gasteiger partial charge in [0.1, 0.15) is 6.61 Å². The Morgan fingerprint density at radius 3 is 2.35 bits per heavy atom. The SMILES string of the molecule is NC(COCC(F)(F)F)c1ccc(F)c(F)c1. The summed E-state index contributed by atoms with van der Waals surface area (Å²) in [6.45, 7) is -1.85. The highest BCUT2D eigenvalue weighted by Gasteiger charge is 2.27. The average molecular weight is 255 g/mol. The first kappa shape index (κ1) is 13.9. The third-order valence-electron chi connectivity index (χ3n) is 1.93. The largest absolute Gasteiger partial charge is 0.411 e. The summed E-state index contributed by atoms with van der Waals surface area (Å²) >= 11 is 0. The first-order valence-electron chi connectivity index (χ1n) is 4.64. The van der Waals surface area contributed by atoms with Crippen LogP contribution in [0.3, 0.4) is 0 Å². The molecule has 1 atom stereocenters. The van der Waals surface area contributed by atoms with Crippen LogP contribution in [0.5, 0.6) is 0 Å². The molecule has 7 heteroatoms.